The van der Waals surface area contributed by atoms with Crippen LogP contribution in [-0.2, 0) is 16.2 Å². The molecule has 0 nitrogen and oxygen atoms in total. The normalized spacial score (nSPS) is 13.4. The Balaban J connectivity index is 2.74. The van der Waals surface area contributed by atoms with Gasteiger partial charge in [0.05, 0.1) is 0 Å². The fraction of sp³-hybridized carbons (Fsp3) is 0.480. The zero-order valence-corrected chi connectivity index (χ0v) is 19.3. The van der Waals surface area contributed by atoms with E-state index in [-0.39, 0.29) is 22.1 Å². The lowest BCUT2D eigenvalue weighted by Gasteiger charge is -2.32. The largest absolute Gasteiger partial charge is 0.207 e. The molecule has 0 aliphatic carbocycles. The average Bonchev–Trinajstić information content (AvgIpc) is 2.51. The maximum atomic E-state index is 13.2. The molecule has 2 aromatic carbocycles. The summed E-state index contributed by atoms with van der Waals surface area (Å²) < 4.78 is 13.2. The van der Waals surface area contributed by atoms with Crippen LogP contribution >= 0.6 is 8.20 Å². The second kappa shape index (κ2) is 7.51. The SMILES string of the molecule is CC(C)(C)c1cc(C(C)(C)C)c(P=Cc2ccc(F)cc2)c(C(C)(C)C)c1. The predicted octanol–water partition coefficient (Wildman–Crippen LogP) is 7.14. The van der Waals surface area contributed by atoms with Gasteiger partial charge in [0.1, 0.15) is 5.82 Å². The quantitative estimate of drug-likeness (QED) is 0.483. The molecule has 0 fully saturated rings. The average molecular weight is 385 g/mol. The molecule has 0 unspecified atom stereocenters. The maximum Gasteiger partial charge on any atom is 0.123 e. The van der Waals surface area contributed by atoms with E-state index in [9.17, 15) is 4.39 Å². The van der Waals surface area contributed by atoms with Gasteiger partial charge >= 0.3 is 0 Å². The Hall–Kier alpha value is -1.46. The molecule has 2 heteroatoms. The van der Waals surface area contributed by atoms with Crippen molar-refractivity contribution in [2.45, 2.75) is 78.6 Å². The summed E-state index contributed by atoms with van der Waals surface area (Å²) in [4.78, 5) is 0. The molecule has 0 aromatic heterocycles. The van der Waals surface area contributed by atoms with Crippen LogP contribution < -0.4 is 5.30 Å². The molecule has 0 atom stereocenters. The second-order valence-electron chi connectivity index (χ2n) is 10.5. The van der Waals surface area contributed by atoms with Gasteiger partial charge in [-0.05, 0) is 56.4 Å². The maximum absolute atomic E-state index is 13.2. The summed E-state index contributed by atoms with van der Waals surface area (Å²) in [5.41, 5.74) is 5.46. The Bertz CT molecular complexity index is 788. The van der Waals surface area contributed by atoms with Gasteiger partial charge in [0.2, 0.25) is 0 Å². The van der Waals surface area contributed by atoms with Crippen LogP contribution in [0.25, 0.3) is 0 Å². The molecular weight excluding hydrogens is 350 g/mol. The van der Waals surface area contributed by atoms with Crippen LogP contribution in [0.1, 0.15) is 84.6 Å². The summed E-state index contributed by atoms with van der Waals surface area (Å²) in [5, 5.41) is 1.38. The molecule has 0 aliphatic rings. The van der Waals surface area contributed by atoms with E-state index in [0.29, 0.717) is 0 Å². The highest BCUT2D eigenvalue weighted by atomic mass is 31.1. The number of halogens is 1. The van der Waals surface area contributed by atoms with Crippen LogP contribution in [-0.4, -0.2) is 5.80 Å². The van der Waals surface area contributed by atoms with Crippen molar-refractivity contribution in [3.63, 3.8) is 0 Å². The summed E-state index contributed by atoms with van der Waals surface area (Å²) in [6.45, 7) is 20.6. The number of rotatable bonds is 2. The van der Waals surface area contributed by atoms with E-state index in [2.05, 4.69) is 80.2 Å². The highest BCUT2D eigenvalue weighted by Gasteiger charge is 2.28. The monoisotopic (exact) mass is 384 g/mol. The Morgan fingerprint density at radius 2 is 1.15 bits per heavy atom. The highest BCUT2D eigenvalue weighted by molar-refractivity contribution is 7.48. The van der Waals surface area contributed by atoms with Gasteiger partial charge in [-0.25, -0.2) is 4.39 Å². The van der Waals surface area contributed by atoms with Crippen molar-refractivity contribution in [2.24, 2.45) is 0 Å². The minimum absolute atomic E-state index is 0.0558. The second-order valence-corrected chi connectivity index (χ2v) is 11.4. The molecule has 0 amide bonds. The zero-order valence-electron chi connectivity index (χ0n) is 18.4. The summed E-state index contributed by atoms with van der Waals surface area (Å²) in [5.74, 6) is 2.00. The Morgan fingerprint density at radius 3 is 1.52 bits per heavy atom. The third kappa shape index (κ3) is 5.52. The van der Waals surface area contributed by atoms with Crippen molar-refractivity contribution in [1.29, 1.82) is 0 Å². The van der Waals surface area contributed by atoms with Gasteiger partial charge in [0, 0.05) is 5.30 Å². The lowest BCUT2D eigenvalue weighted by molar-refractivity contribution is 0.554. The fourth-order valence-electron chi connectivity index (χ4n) is 3.04. The first kappa shape index (κ1) is 21.8. The molecule has 27 heavy (non-hydrogen) atoms. The smallest absolute Gasteiger partial charge is 0.123 e. The fourth-order valence-corrected chi connectivity index (χ4v) is 4.57. The number of benzene rings is 2. The summed E-state index contributed by atoms with van der Waals surface area (Å²) in [6.07, 6.45) is 0. The van der Waals surface area contributed by atoms with Crippen LogP contribution in [0.4, 0.5) is 4.39 Å². The van der Waals surface area contributed by atoms with Crippen LogP contribution in [0.3, 0.4) is 0 Å². The third-order valence-electron chi connectivity index (χ3n) is 4.80. The molecule has 146 valence electrons. The molecule has 0 saturated carbocycles. The van der Waals surface area contributed by atoms with E-state index < -0.39 is 0 Å². The van der Waals surface area contributed by atoms with E-state index in [4.69, 9.17) is 0 Å². The van der Waals surface area contributed by atoms with Gasteiger partial charge in [-0.2, -0.15) is 0 Å². The van der Waals surface area contributed by atoms with E-state index in [0.717, 1.165) is 13.8 Å². The Labute approximate surface area is 167 Å². The van der Waals surface area contributed by atoms with E-state index >= 15 is 0 Å². The minimum Gasteiger partial charge on any atom is -0.207 e. The van der Waals surface area contributed by atoms with Gasteiger partial charge in [0.25, 0.3) is 0 Å². The zero-order chi connectivity index (χ0) is 20.6. The highest BCUT2D eigenvalue weighted by Crippen LogP contribution is 2.35. The summed E-state index contributed by atoms with van der Waals surface area (Å²) in [6, 6.07) is 11.5. The molecule has 0 aliphatic heterocycles. The van der Waals surface area contributed by atoms with Crippen LogP contribution in [0.15, 0.2) is 36.4 Å². The van der Waals surface area contributed by atoms with Crippen molar-refractivity contribution in [1.82, 2.24) is 0 Å². The topological polar surface area (TPSA) is 0 Å². The first-order valence-electron chi connectivity index (χ1n) is 9.69. The van der Waals surface area contributed by atoms with Gasteiger partial charge in [-0.15, -0.1) is 0 Å². The van der Waals surface area contributed by atoms with Crippen molar-refractivity contribution in [3.8, 4) is 0 Å². The summed E-state index contributed by atoms with van der Waals surface area (Å²) >= 11 is 0. The van der Waals surface area contributed by atoms with Gasteiger partial charge in [-0.1, -0.05) is 94.8 Å². The molecule has 2 aromatic rings. The standard InChI is InChI=1S/C25H34FP/c1-23(2,3)18-14-20(24(4,5)6)22(21(15-18)25(7,8)9)27-16-17-10-12-19(26)13-11-17/h10-16H,1-9H3. The number of hydrogen-bond donors (Lipinski definition) is 0. The van der Waals surface area contributed by atoms with Crippen molar-refractivity contribution in [3.05, 3.63) is 64.5 Å². The Morgan fingerprint density at radius 1 is 0.704 bits per heavy atom. The first-order valence-corrected chi connectivity index (χ1v) is 10.6. The first-order chi connectivity index (χ1) is 12.2. The predicted molar refractivity (Wildman–Crippen MR) is 121 cm³/mol. The van der Waals surface area contributed by atoms with Crippen LogP contribution in [0.5, 0.6) is 0 Å². The van der Waals surface area contributed by atoms with Gasteiger partial charge in [0.15, 0.2) is 0 Å². The lowest BCUT2D eigenvalue weighted by atomic mass is 9.75. The van der Waals surface area contributed by atoms with Crippen LogP contribution in [0, 0.1) is 5.82 Å². The summed E-state index contributed by atoms with van der Waals surface area (Å²) in [7, 11) is 1.16. The van der Waals surface area contributed by atoms with Crippen molar-refractivity contribution >= 4 is 19.3 Å². The molecule has 0 spiro atoms. The van der Waals surface area contributed by atoms with Crippen molar-refractivity contribution in [2.75, 3.05) is 0 Å². The molecule has 0 saturated heterocycles. The van der Waals surface area contributed by atoms with E-state index in [1.54, 1.807) is 0 Å². The number of hydrogen-bond acceptors (Lipinski definition) is 0. The molecule has 0 bridgehead atoms. The third-order valence-corrected chi connectivity index (χ3v) is 5.97. The molecule has 0 heterocycles. The molecule has 2 rings (SSSR count). The van der Waals surface area contributed by atoms with Gasteiger partial charge < -0.3 is 0 Å². The van der Waals surface area contributed by atoms with Crippen molar-refractivity contribution < 1.29 is 4.39 Å². The van der Waals surface area contributed by atoms with E-state index in [1.165, 1.54) is 34.1 Å². The minimum atomic E-state index is -0.191. The lowest BCUT2D eigenvalue weighted by Crippen LogP contribution is -2.29. The molecule has 0 radical (unpaired) electrons. The van der Waals surface area contributed by atoms with Crippen LogP contribution in [0.2, 0.25) is 0 Å². The van der Waals surface area contributed by atoms with E-state index in [1.807, 2.05) is 12.1 Å². The van der Waals surface area contributed by atoms with Gasteiger partial charge in [-0.3, -0.25) is 0 Å². The Kier molecular flexibility index (Phi) is 6.08. The molecule has 0 N–H and O–H groups in total. The molecular formula is C25H34FP.